The molecule has 0 fully saturated rings. The Balaban J connectivity index is 2.09. The molecule has 6 heteroatoms. The van der Waals surface area contributed by atoms with Crippen LogP contribution in [0.2, 0.25) is 5.02 Å². The number of phenolic OH excluding ortho intramolecular Hbond substituents is 1. The summed E-state index contributed by atoms with van der Waals surface area (Å²) in [6.07, 6.45) is 1.74. The average molecular weight is 301 g/mol. The molecular weight excluding hydrogens is 288 g/mol. The van der Waals surface area contributed by atoms with Crippen molar-refractivity contribution in [2.45, 2.75) is 13.8 Å². The zero-order chi connectivity index (χ0) is 15.0. The van der Waals surface area contributed by atoms with Crippen molar-refractivity contribution in [3.63, 3.8) is 0 Å². The summed E-state index contributed by atoms with van der Waals surface area (Å²) in [5.74, 6) is 0.683. The van der Waals surface area contributed by atoms with Crippen molar-refractivity contribution in [1.29, 1.82) is 0 Å². The largest absolute Gasteiger partial charge is 0.506 e. The molecule has 0 unspecified atom stereocenters. The van der Waals surface area contributed by atoms with Crippen LogP contribution in [0.5, 0.6) is 5.75 Å². The Bertz CT molecular complexity index is 854. The number of azo groups is 1. The van der Waals surface area contributed by atoms with E-state index in [1.807, 2.05) is 26.0 Å². The van der Waals surface area contributed by atoms with Crippen LogP contribution in [0.15, 0.2) is 46.8 Å². The predicted octanol–water partition coefficient (Wildman–Crippen LogP) is 4.73. The average Bonchev–Trinajstić information content (AvgIpc) is 2.75. The van der Waals surface area contributed by atoms with E-state index < -0.39 is 0 Å². The van der Waals surface area contributed by atoms with Gasteiger partial charge in [0.25, 0.3) is 0 Å². The number of phenols is 1. The standard InChI is InChI=1S/C15H13ClN4O/c1-9-3-5-13(21)12(7-9)18-19-15-10(2)17-14-6-4-11(16)8-20(14)15/h3-8,21H,1-2H3. The number of halogens is 1. The smallest absolute Gasteiger partial charge is 0.182 e. The van der Waals surface area contributed by atoms with E-state index in [4.69, 9.17) is 11.6 Å². The van der Waals surface area contributed by atoms with Gasteiger partial charge >= 0.3 is 0 Å². The molecule has 3 rings (SSSR count). The molecular formula is C15H13ClN4O. The normalized spacial score (nSPS) is 11.6. The van der Waals surface area contributed by atoms with Crippen molar-refractivity contribution in [2.24, 2.45) is 10.2 Å². The fourth-order valence-corrected chi connectivity index (χ4v) is 2.22. The van der Waals surface area contributed by atoms with Crippen LogP contribution >= 0.6 is 11.6 Å². The summed E-state index contributed by atoms with van der Waals surface area (Å²) < 4.78 is 1.77. The first-order valence-corrected chi connectivity index (χ1v) is 6.78. The summed E-state index contributed by atoms with van der Waals surface area (Å²) in [4.78, 5) is 4.39. The van der Waals surface area contributed by atoms with Crippen LogP contribution in [-0.2, 0) is 0 Å². The molecule has 0 amide bonds. The maximum Gasteiger partial charge on any atom is 0.182 e. The number of hydrogen-bond donors (Lipinski definition) is 1. The Hall–Kier alpha value is -2.40. The Labute approximate surface area is 126 Å². The minimum absolute atomic E-state index is 0.0915. The van der Waals surface area contributed by atoms with Crippen LogP contribution in [0.25, 0.3) is 5.65 Å². The number of hydrogen-bond acceptors (Lipinski definition) is 4. The molecule has 0 aliphatic heterocycles. The molecule has 0 aliphatic carbocycles. The number of aromatic hydroxyl groups is 1. The summed E-state index contributed by atoms with van der Waals surface area (Å²) in [6, 6.07) is 8.77. The number of benzene rings is 1. The molecule has 5 nitrogen and oxygen atoms in total. The fourth-order valence-electron chi connectivity index (χ4n) is 2.06. The third-order valence-corrected chi connectivity index (χ3v) is 3.33. The number of nitrogens with zero attached hydrogens (tertiary/aromatic N) is 4. The number of pyridine rings is 1. The van der Waals surface area contributed by atoms with E-state index in [2.05, 4.69) is 15.2 Å². The van der Waals surface area contributed by atoms with E-state index in [-0.39, 0.29) is 5.75 Å². The van der Waals surface area contributed by atoms with Crippen LogP contribution in [-0.4, -0.2) is 14.5 Å². The predicted molar refractivity (Wildman–Crippen MR) is 82.0 cm³/mol. The first kappa shape index (κ1) is 13.6. The van der Waals surface area contributed by atoms with E-state index in [1.54, 1.807) is 28.8 Å². The van der Waals surface area contributed by atoms with Gasteiger partial charge in [-0.15, -0.1) is 10.2 Å². The minimum atomic E-state index is 0.0915. The first-order valence-electron chi connectivity index (χ1n) is 6.40. The molecule has 0 radical (unpaired) electrons. The quantitative estimate of drug-likeness (QED) is 0.696. The van der Waals surface area contributed by atoms with Crippen molar-refractivity contribution in [2.75, 3.05) is 0 Å². The highest BCUT2D eigenvalue weighted by molar-refractivity contribution is 6.30. The van der Waals surface area contributed by atoms with Crippen LogP contribution in [0.3, 0.4) is 0 Å². The molecule has 21 heavy (non-hydrogen) atoms. The van der Waals surface area contributed by atoms with Gasteiger partial charge in [-0.05, 0) is 43.7 Å². The summed E-state index contributed by atoms with van der Waals surface area (Å²) in [7, 11) is 0. The SMILES string of the molecule is Cc1ccc(O)c(N=Nc2c(C)nc3ccc(Cl)cn23)c1. The number of imidazole rings is 1. The Morgan fingerprint density at radius 1 is 1.14 bits per heavy atom. The highest BCUT2D eigenvalue weighted by Gasteiger charge is 2.08. The zero-order valence-corrected chi connectivity index (χ0v) is 12.3. The van der Waals surface area contributed by atoms with Crippen molar-refractivity contribution < 1.29 is 5.11 Å². The van der Waals surface area contributed by atoms with E-state index in [0.29, 0.717) is 16.5 Å². The molecule has 106 valence electrons. The molecule has 0 spiro atoms. The highest BCUT2D eigenvalue weighted by atomic mass is 35.5. The summed E-state index contributed by atoms with van der Waals surface area (Å²) in [5.41, 5.74) is 2.92. The van der Waals surface area contributed by atoms with Crippen LogP contribution in [0, 0.1) is 13.8 Å². The van der Waals surface area contributed by atoms with Gasteiger partial charge in [0.2, 0.25) is 0 Å². The molecule has 1 aromatic carbocycles. The zero-order valence-electron chi connectivity index (χ0n) is 11.6. The molecule has 0 aliphatic rings. The second-order valence-corrected chi connectivity index (χ2v) is 5.22. The number of aryl methyl sites for hydroxylation is 2. The van der Waals surface area contributed by atoms with Crippen molar-refractivity contribution in [3.05, 3.63) is 52.8 Å². The fraction of sp³-hybridized carbons (Fsp3) is 0.133. The van der Waals surface area contributed by atoms with E-state index >= 15 is 0 Å². The minimum Gasteiger partial charge on any atom is -0.506 e. The molecule has 0 atom stereocenters. The van der Waals surface area contributed by atoms with Crippen LogP contribution < -0.4 is 0 Å². The van der Waals surface area contributed by atoms with Gasteiger partial charge in [-0.3, -0.25) is 4.40 Å². The summed E-state index contributed by atoms with van der Waals surface area (Å²) in [6.45, 7) is 3.78. The lowest BCUT2D eigenvalue weighted by Crippen LogP contribution is -1.82. The molecule has 2 heterocycles. The molecule has 0 saturated heterocycles. The van der Waals surface area contributed by atoms with E-state index in [1.165, 1.54) is 0 Å². The highest BCUT2D eigenvalue weighted by Crippen LogP contribution is 2.30. The lowest BCUT2D eigenvalue weighted by molar-refractivity contribution is 0.476. The van der Waals surface area contributed by atoms with Gasteiger partial charge in [-0.25, -0.2) is 4.98 Å². The maximum atomic E-state index is 9.79. The first-order chi connectivity index (χ1) is 10.0. The third kappa shape index (κ3) is 2.60. The van der Waals surface area contributed by atoms with Crippen LogP contribution in [0.4, 0.5) is 11.5 Å². The third-order valence-electron chi connectivity index (χ3n) is 3.11. The molecule has 0 bridgehead atoms. The van der Waals surface area contributed by atoms with Gasteiger partial charge in [-0.1, -0.05) is 17.7 Å². The van der Waals surface area contributed by atoms with Gasteiger partial charge in [-0.2, -0.15) is 0 Å². The lowest BCUT2D eigenvalue weighted by atomic mass is 10.2. The van der Waals surface area contributed by atoms with Gasteiger partial charge in [0, 0.05) is 6.20 Å². The molecule has 2 aromatic heterocycles. The number of rotatable bonds is 2. The van der Waals surface area contributed by atoms with Crippen LogP contribution in [0.1, 0.15) is 11.3 Å². The van der Waals surface area contributed by atoms with E-state index in [0.717, 1.165) is 16.9 Å². The Morgan fingerprint density at radius 2 is 1.95 bits per heavy atom. The second-order valence-electron chi connectivity index (χ2n) is 4.79. The lowest BCUT2D eigenvalue weighted by Gasteiger charge is -2.00. The van der Waals surface area contributed by atoms with Crippen molar-refractivity contribution in [1.82, 2.24) is 9.38 Å². The monoisotopic (exact) mass is 300 g/mol. The summed E-state index contributed by atoms with van der Waals surface area (Å²) >= 11 is 6.00. The molecule has 1 N–H and O–H groups in total. The Kier molecular flexibility index (Phi) is 3.35. The van der Waals surface area contributed by atoms with Gasteiger partial charge in [0.05, 0.1) is 10.7 Å². The molecule has 3 aromatic rings. The van der Waals surface area contributed by atoms with Gasteiger partial charge in [0.15, 0.2) is 5.82 Å². The van der Waals surface area contributed by atoms with Gasteiger partial charge < -0.3 is 5.11 Å². The maximum absolute atomic E-state index is 9.79. The van der Waals surface area contributed by atoms with Crippen molar-refractivity contribution in [3.8, 4) is 5.75 Å². The topological polar surface area (TPSA) is 62.2 Å². The molecule has 0 saturated carbocycles. The number of aromatic nitrogens is 2. The summed E-state index contributed by atoms with van der Waals surface area (Å²) in [5, 5.41) is 18.7. The van der Waals surface area contributed by atoms with E-state index in [9.17, 15) is 5.11 Å². The Morgan fingerprint density at radius 3 is 2.76 bits per heavy atom. The second kappa shape index (κ2) is 5.18. The van der Waals surface area contributed by atoms with Crippen molar-refractivity contribution >= 4 is 28.8 Å². The number of fused-ring (bicyclic) bond motifs is 1. The van der Waals surface area contributed by atoms with Gasteiger partial charge in [0.1, 0.15) is 17.1 Å².